The molecule has 0 radical (unpaired) electrons. The summed E-state index contributed by atoms with van der Waals surface area (Å²) in [5.41, 5.74) is 2.56. The van der Waals surface area contributed by atoms with Gasteiger partial charge in [-0.3, -0.25) is 9.59 Å². The standard InChI is InChI=1S/C17H19ClN4O3S/c1-10(7-25-2)19-16(23)17(24)20-15-13-8-26-9-14(13)21-22(15)12-5-3-4-11(18)6-12/h3-6,10H,7-9H2,1-2H3,(H,19,23)(H,20,24)/t10-/m1/s1. The molecule has 138 valence electrons. The predicted molar refractivity (Wildman–Crippen MR) is 102 cm³/mol. The number of ether oxygens (including phenoxy) is 1. The fourth-order valence-corrected chi connectivity index (χ4v) is 3.90. The van der Waals surface area contributed by atoms with Crippen molar-refractivity contribution in [3.63, 3.8) is 0 Å². The third-order valence-electron chi connectivity index (χ3n) is 3.84. The minimum atomic E-state index is -0.740. The zero-order valence-corrected chi connectivity index (χ0v) is 16.0. The van der Waals surface area contributed by atoms with Crippen molar-refractivity contribution in [3.05, 3.63) is 40.5 Å². The van der Waals surface area contributed by atoms with Crippen LogP contribution in [-0.2, 0) is 25.8 Å². The molecule has 1 aromatic carbocycles. The molecule has 7 nitrogen and oxygen atoms in total. The Morgan fingerprint density at radius 1 is 1.38 bits per heavy atom. The number of hydrogen-bond donors (Lipinski definition) is 2. The molecule has 1 aliphatic heterocycles. The Morgan fingerprint density at radius 2 is 2.19 bits per heavy atom. The molecule has 0 aliphatic carbocycles. The fourth-order valence-electron chi connectivity index (χ4n) is 2.68. The maximum absolute atomic E-state index is 12.4. The first kappa shape index (κ1) is 18.8. The molecule has 26 heavy (non-hydrogen) atoms. The summed E-state index contributed by atoms with van der Waals surface area (Å²) >= 11 is 7.79. The van der Waals surface area contributed by atoms with Gasteiger partial charge < -0.3 is 15.4 Å². The number of methoxy groups -OCH3 is 1. The van der Waals surface area contributed by atoms with Crippen LogP contribution in [0.3, 0.4) is 0 Å². The monoisotopic (exact) mass is 394 g/mol. The molecule has 2 amide bonds. The van der Waals surface area contributed by atoms with Crippen LogP contribution in [0.1, 0.15) is 18.2 Å². The minimum Gasteiger partial charge on any atom is -0.383 e. The number of halogens is 1. The van der Waals surface area contributed by atoms with Crippen LogP contribution >= 0.6 is 23.4 Å². The van der Waals surface area contributed by atoms with E-state index in [0.29, 0.717) is 17.4 Å². The van der Waals surface area contributed by atoms with E-state index in [-0.39, 0.29) is 6.04 Å². The van der Waals surface area contributed by atoms with Gasteiger partial charge in [0, 0.05) is 35.2 Å². The molecule has 0 fully saturated rings. The second kappa shape index (κ2) is 8.11. The van der Waals surface area contributed by atoms with Gasteiger partial charge in [-0.1, -0.05) is 17.7 Å². The summed E-state index contributed by atoms with van der Waals surface area (Å²) in [6.07, 6.45) is 0. The first-order valence-corrected chi connectivity index (χ1v) is 9.58. The first-order chi connectivity index (χ1) is 12.5. The Kier molecular flexibility index (Phi) is 5.85. The van der Waals surface area contributed by atoms with E-state index in [4.69, 9.17) is 16.3 Å². The number of nitrogens with one attached hydrogen (secondary N) is 2. The molecular weight excluding hydrogens is 376 g/mol. The molecule has 2 N–H and O–H groups in total. The summed E-state index contributed by atoms with van der Waals surface area (Å²) in [6, 6.07) is 6.91. The number of hydrogen-bond acceptors (Lipinski definition) is 5. The van der Waals surface area contributed by atoms with Gasteiger partial charge in [0.05, 0.1) is 18.0 Å². The van der Waals surface area contributed by atoms with Crippen molar-refractivity contribution in [1.82, 2.24) is 15.1 Å². The number of carbonyl (C=O) groups excluding carboxylic acids is 2. The third kappa shape index (κ3) is 4.03. The number of fused-ring (bicyclic) bond motifs is 1. The zero-order valence-electron chi connectivity index (χ0n) is 14.4. The number of thioether (sulfide) groups is 1. The molecule has 9 heteroatoms. The van der Waals surface area contributed by atoms with Gasteiger partial charge in [-0.2, -0.15) is 16.9 Å². The molecule has 1 aliphatic rings. The fraction of sp³-hybridized carbons (Fsp3) is 0.353. The van der Waals surface area contributed by atoms with Crippen LogP contribution in [0.25, 0.3) is 5.69 Å². The van der Waals surface area contributed by atoms with Crippen LogP contribution in [0.15, 0.2) is 24.3 Å². The molecule has 0 saturated heterocycles. The molecule has 3 rings (SSSR count). The van der Waals surface area contributed by atoms with Gasteiger partial charge in [-0.05, 0) is 25.1 Å². The Labute approximate surface area is 160 Å². The van der Waals surface area contributed by atoms with Crippen molar-refractivity contribution in [3.8, 4) is 5.69 Å². The minimum absolute atomic E-state index is 0.266. The van der Waals surface area contributed by atoms with Crippen LogP contribution < -0.4 is 10.6 Å². The highest BCUT2D eigenvalue weighted by Crippen LogP contribution is 2.36. The second-order valence-corrected chi connectivity index (χ2v) is 7.36. The van der Waals surface area contributed by atoms with E-state index < -0.39 is 11.8 Å². The molecule has 1 atom stereocenters. The molecule has 2 heterocycles. The van der Waals surface area contributed by atoms with Crippen molar-refractivity contribution >= 4 is 41.0 Å². The normalized spacial score (nSPS) is 14.0. The van der Waals surface area contributed by atoms with Crippen molar-refractivity contribution in [2.24, 2.45) is 0 Å². The number of anilines is 1. The van der Waals surface area contributed by atoms with Crippen LogP contribution in [-0.4, -0.2) is 41.4 Å². The van der Waals surface area contributed by atoms with Gasteiger partial charge in [-0.25, -0.2) is 4.68 Å². The van der Waals surface area contributed by atoms with E-state index in [1.807, 2.05) is 12.1 Å². The highest BCUT2D eigenvalue weighted by Gasteiger charge is 2.26. The molecule has 0 saturated carbocycles. The first-order valence-electron chi connectivity index (χ1n) is 8.05. The summed E-state index contributed by atoms with van der Waals surface area (Å²) in [6.45, 7) is 2.09. The molecule has 2 aromatic rings. The van der Waals surface area contributed by atoms with Crippen molar-refractivity contribution < 1.29 is 14.3 Å². The van der Waals surface area contributed by atoms with E-state index >= 15 is 0 Å². The molecule has 0 spiro atoms. The van der Waals surface area contributed by atoms with E-state index in [1.165, 1.54) is 7.11 Å². The summed E-state index contributed by atoms with van der Waals surface area (Å²) in [5, 5.41) is 10.4. The summed E-state index contributed by atoms with van der Waals surface area (Å²) in [5.74, 6) is 0.547. The van der Waals surface area contributed by atoms with Gasteiger partial charge >= 0.3 is 11.8 Å². The number of amides is 2. The van der Waals surface area contributed by atoms with Crippen LogP contribution in [0, 0.1) is 0 Å². The maximum atomic E-state index is 12.4. The van der Waals surface area contributed by atoms with Gasteiger partial charge in [0.25, 0.3) is 0 Å². The Morgan fingerprint density at radius 3 is 2.92 bits per heavy atom. The van der Waals surface area contributed by atoms with Crippen LogP contribution in [0.4, 0.5) is 5.82 Å². The second-order valence-electron chi connectivity index (χ2n) is 5.94. The van der Waals surface area contributed by atoms with Gasteiger partial charge in [0.1, 0.15) is 5.82 Å². The number of benzene rings is 1. The highest BCUT2D eigenvalue weighted by atomic mass is 35.5. The van der Waals surface area contributed by atoms with Crippen molar-refractivity contribution in [1.29, 1.82) is 0 Å². The van der Waals surface area contributed by atoms with Gasteiger partial charge in [-0.15, -0.1) is 0 Å². The molecule has 1 aromatic heterocycles. The lowest BCUT2D eigenvalue weighted by Gasteiger charge is -2.14. The van der Waals surface area contributed by atoms with Crippen molar-refractivity contribution in [2.45, 2.75) is 24.5 Å². The number of nitrogens with zero attached hydrogens (tertiary/aromatic N) is 2. The number of rotatable bonds is 5. The topological polar surface area (TPSA) is 85.2 Å². The quantitative estimate of drug-likeness (QED) is 0.760. The Balaban J connectivity index is 1.85. The third-order valence-corrected chi connectivity index (χ3v) is 5.04. The molecular formula is C17H19ClN4O3S. The SMILES string of the molecule is COC[C@@H](C)NC(=O)C(=O)Nc1c2c(nn1-c1cccc(Cl)c1)CSC2. The smallest absolute Gasteiger partial charge is 0.314 e. The lowest BCUT2D eigenvalue weighted by Crippen LogP contribution is -2.42. The Bertz CT molecular complexity index is 839. The summed E-state index contributed by atoms with van der Waals surface area (Å²) < 4.78 is 6.59. The van der Waals surface area contributed by atoms with E-state index in [2.05, 4.69) is 15.7 Å². The lowest BCUT2D eigenvalue weighted by molar-refractivity contribution is -0.136. The van der Waals surface area contributed by atoms with Gasteiger partial charge in [0.15, 0.2) is 0 Å². The average Bonchev–Trinajstić information content (AvgIpc) is 3.17. The highest BCUT2D eigenvalue weighted by molar-refractivity contribution is 7.98. The maximum Gasteiger partial charge on any atom is 0.314 e. The largest absolute Gasteiger partial charge is 0.383 e. The molecule has 0 unspecified atom stereocenters. The average molecular weight is 395 g/mol. The Hall–Kier alpha value is -2.03. The summed E-state index contributed by atoms with van der Waals surface area (Å²) in [7, 11) is 1.53. The zero-order chi connectivity index (χ0) is 18.7. The van der Waals surface area contributed by atoms with Crippen LogP contribution in [0.2, 0.25) is 5.02 Å². The molecule has 0 bridgehead atoms. The summed E-state index contributed by atoms with van der Waals surface area (Å²) in [4.78, 5) is 24.5. The number of carbonyl (C=O) groups is 2. The van der Waals surface area contributed by atoms with Crippen molar-refractivity contribution in [2.75, 3.05) is 19.0 Å². The van der Waals surface area contributed by atoms with E-state index in [0.717, 1.165) is 28.5 Å². The number of aromatic nitrogens is 2. The van der Waals surface area contributed by atoms with Crippen LogP contribution in [0.5, 0.6) is 0 Å². The predicted octanol–water partition coefficient (Wildman–Crippen LogP) is 2.36. The van der Waals surface area contributed by atoms with Gasteiger partial charge in [0.2, 0.25) is 0 Å². The van der Waals surface area contributed by atoms with E-state index in [9.17, 15) is 9.59 Å². The van der Waals surface area contributed by atoms with E-state index in [1.54, 1.807) is 35.5 Å². The lowest BCUT2D eigenvalue weighted by atomic mass is 10.2.